The van der Waals surface area contributed by atoms with E-state index in [0.29, 0.717) is 14.5 Å². The van der Waals surface area contributed by atoms with Gasteiger partial charge in [-0.3, -0.25) is 0 Å². The van der Waals surface area contributed by atoms with Crippen LogP contribution in [-0.2, 0) is 0 Å². The van der Waals surface area contributed by atoms with E-state index < -0.39 is 0 Å². The molecule has 2 saturated heterocycles. The lowest BCUT2D eigenvalue weighted by atomic mass is 9.93. The smallest absolute Gasteiger partial charge is 0.0431 e. The topological polar surface area (TPSA) is 20.2 Å². The van der Waals surface area contributed by atoms with E-state index in [4.69, 9.17) is 5.11 Å². The lowest BCUT2D eigenvalue weighted by molar-refractivity contribution is 0.281. The van der Waals surface area contributed by atoms with Gasteiger partial charge < -0.3 is 5.11 Å². The molecule has 15 heavy (non-hydrogen) atoms. The average molecular weight is 228 g/mol. The monoisotopic (exact) mass is 228 g/mol. The zero-order valence-corrected chi connectivity index (χ0v) is 10.7. The van der Waals surface area contributed by atoms with Crippen molar-refractivity contribution in [3.63, 3.8) is 0 Å². The lowest BCUT2D eigenvalue weighted by Gasteiger charge is -2.22. The lowest BCUT2D eigenvalue weighted by Crippen LogP contribution is -2.11. The summed E-state index contributed by atoms with van der Waals surface area (Å²) < 4.78 is 0. The number of rotatable bonds is 5. The SMILES string of the molecule is OCCCCCC1C2CCCCP1CC2. The van der Waals surface area contributed by atoms with Crippen molar-refractivity contribution in [1.82, 2.24) is 0 Å². The number of fused-ring (bicyclic) bond motifs is 2. The van der Waals surface area contributed by atoms with Crippen LogP contribution >= 0.6 is 7.92 Å². The maximum absolute atomic E-state index is 8.77. The van der Waals surface area contributed by atoms with Crippen molar-refractivity contribution in [3.05, 3.63) is 0 Å². The van der Waals surface area contributed by atoms with Crippen molar-refractivity contribution in [2.24, 2.45) is 5.92 Å². The maximum atomic E-state index is 8.77. The van der Waals surface area contributed by atoms with Gasteiger partial charge in [0.2, 0.25) is 0 Å². The van der Waals surface area contributed by atoms with Crippen LogP contribution in [0.25, 0.3) is 0 Å². The summed E-state index contributed by atoms with van der Waals surface area (Å²) in [5.74, 6) is 1.10. The van der Waals surface area contributed by atoms with Crippen LogP contribution in [0.5, 0.6) is 0 Å². The molecule has 0 saturated carbocycles. The average Bonchev–Trinajstić information content (AvgIpc) is 2.47. The maximum Gasteiger partial charge on any atom is 0.0431 e. The Balaban J connectivity index is 1.75. The van der Waals surface area contributed by atoms with E-state index in [2.05, 4.69) is 0 Å². The normalized spacial score (nSPS) is 35.4. The number of hydrogen-bond acceptors (Lipinski definition) is 1. The molecule has 0 aliphatic carbocycles. The van der Waals surface area contributed by atoms with Crippen LogP contribution in [0.4, 0.5) is 0 Å². The Morgan fingerprint density at radius 1 is 1.00 bits per heavy atom. The fourth-order valence-electron chi connectivity index (χ4n) is 3.38. The number of aliphatic hydroxyl groups excluding tert-OH is 1. The van der Waals surface area contributed by atoms with Crippen LogP contribution in [0.15, 0.2) is 0 Å². The summed E-state index contributed by atoms with van der Waals surface area (Å²) in [6.45, 7) is 0.392. The van der Waals surface area contributed by atoms with E-state index >= 15 is 0 Å². The molecule has 0 radical (unpaired) electrons. The van der Waals surface area contributed by atoms with Gasteiger partial charge in [-0.05, 0) is 56.0 Å². The van der Waals surface area contributed by atoms with Gasteiger partial charge in [0, 0.05) is 6.61 Å². The van der Waals surface area contributed by atoms with Gasteiger partial charge in [0.1, 0.15) is 0 Å². The Morgan fingerprint density at radius 2 is 1.93 bits per heavy atom. The van der Waals surface area contributed by atoms with Gasteiger partial charge in [0.25, 0.3) is 0 Å². The second kappa shape index (κ2) is 6.21. The molecule has 2 aliphatic rings. The van der Waals surface area contributed by atoms with E-state index in [9.17, 15) is 0 Å². The molecule has 1 N–H and O–H groups in total. The molecule has 3 atom stereocenters. The standard InChI is InChI=1S/C13H25OP/c14-9-4-1-2-7-13-12-6-3-5-10-15(13)11-8-12/h12-14H,1-11H2. The van der Waals surface area contributed by atoms with Gasteiger partial charge in [0.05, 0.1) is 0 Å². The van der Waals surface area contributed by atoms with E-state index in [0.717, 1.165) is 18.0 Å². The molecule has 0 spiro atoms. The first-order chi connectivity index (χ1) is 7.42. The third kappa shape index (κ3) is 3.17. The fraction of sp³-hybridized carbons (Fsp3) is 1.00. The summed E-state index contributed by atoms with van der Waals surface area (Å²) in [4.78, 5) is 0. The highest BCUT2D eigenvalue weighted by Gasteiger charge is 2.35. The number of unbranched alkanes of at least 4 members (excludes halogenated alkanes) is 2. The molecule has 2 heteroatoms. The van der Waals surface area contributed by atoms with Crippen molar-refractivity contribution < 1.29 is 5.11 Å². The van der Waals surface area contributed by atoms with Crippen LogP contribution in [0.2, 0.25) is 0 Å². The molecule has 3 unspecified atom stereocenters. The van der Waals surface area contributed by atoms with Gasteiger partial charge in [-0.15, -0.1) is 7.92 Å². The molecule has 0 aromatic carbocycles. The van der Waals surface area contributed by atoms with Crippen LogP contribution in [0, 0.1) is 5.92 Å². The molecule has 2 aliphatic heterocycles. The zero-order valence-electron chi connectivity index (χ0n) is 9.83. The fourth-order valence-corrected chi connectivity index (χ4v) is 7.01. The minimum absolute atomic E-state index is 0.392. The zero-order chi connectivity index (χ0) is 10.5. The molecule has 0 aromatic heterocycles. The van der Waals surface area contributed by atoms with Crippen LogP contribution in [-0.4, -0.2) is 29.7 Å². The molecular formula is C13H25OP. The quantitative estimate of drug-likeness (QED) is 0.563. The largest absolute Gasteiger partial charge is 0.396 e. The first kappa shape index (κ1) is 11.9. The van der Waals surface area contributed by atoms with Crippen LogP contribution in [0.3, 0.4) is 0 Å². The van der Waals surface area contributed by atoms with Crippen molar-refractivity contribution in [1.29, 1.82) is 0 Å². The first-order valence-electron chi connectivity index (χ1n) is 6.76. The Bertz CT molecular complexity index is 169. The first-order valence-corrected chi connectivity index (χ1v) is 8.55. The summed E-state index contributed by atoms with van der Waals surface area (Å²) in [5, 5.41) is 8.77. The van der Waals surface area contributed by atoms with Crippen molar-refractivity contribution in [2.75, 3.05) is 18.9 Å². The van der Waals surface area contributed by atoms with Gasteiger partial charge in [-0.25, -0.2) is 0 Å². The molecule has 2 bridgehead atoms. The van der Waals surface area contributed by atoms with Crippen LogP contribution < -0.4 is 0 Å². The predicted octanol–water partition coefficient (Wildman–Crippen LogP) is 3.59. The Morgan fingerprint density at radius 3 is 2.80 bits per heavy atom. The second-order valence-corrected chi connectivity index (χ2v) is 7.96. The molecule has 0 amide bonds. The molecule has 0 aromatic rings. The summed E-state index contributed by atoms with van der Waals surface area (Å²) in [7, 11) is 0.431. The minimum Gasteiger partial charge on any atom is -0.396 e. The summed E-state index contributed by atoms with van der Waals surface area (Å²) >= 11 is 0. The third-order valence-corrected chi connectivity index (χ3v) is 7.57. The molecule has 88 valence electrons. The van der Waals surface area contributed by atoms with Gasteiger partial charge in [-0.2, -0.15) is 0 Å². The van der Waals surface area contributed by atoms with Gasteiger partial charge in [0.15, 0.2) is 0 Å². The van der Waals surface area contributed by atoms with E-state index in [1.54, 1.807) is 18.7 Å². The predicted molar refractivity (Wildman–Crippen MR) is 68.0 cm³/mol. The minimum atomic E-state index is 0.392. The van der Waals surface area contributed by atoms with Crippen molar-refractivity contribution in [3.8, 4) is 0 Å². The highest BCUT2D eigenvalue weighted by Crippen LogP contribution is 2.58. The van der Waals surface area contributed by atoms with Gasteiger partial charge >= 0.3 is 0 Å². The molecular weight excluding hydrogens is 203 g/mol. The van der Waals surface area contributed by atoms with E-state index in [1.165, 1.54) is 38.5 Å². The molecule has 2 rings (SSSR count). The van der Waals surface area contributed by atoms with Crippen molar-refractivity contribution in [2.45, 2.75) is 57.0 Å². The second-order valence-electron chi connectivity index (χ2n) is 5.22. The Labute approximate surface area is 95.4 Å². The number of hydrogen-bond donors (Lipinski definition) is 1. The van der Waals surface area contributed by atoms with Crippen LogP contribution in [0.1, 0.15) is 51.4 Å². The summed E-state index contributed by atoms with van der Waals surface area (Å²) in [5.41, 5.74) is 1.13. The third-order valence-electron chi connectivity index (χ3n) is 4.23. The van der Waals surface area contributed by atoms with Gasteiger partial charge in [-0.1, -0.05) is 19.3 Å². The molecule has 2 fully saturated rings. The van der Waals surface area contributed by atoms with E-state index in [1.807, 2.05) is 0 Å². The summed E-state index contributed by atoms with van der Waals surface area (Å²) in [6, 6.07) is 0. The Kier molecular flexibility index (Phi) is 4.91. The highest BCUT2D eigenvalue weighted by molar-refractivity contribution is 7.58. The number of aliphatic hydroxyl groups is 1. The molecule has 2 heterocycles. The van der Waals surface area contributed by atoms with Crippen molar-refractivity contribution >= 4 is 7.92 Å². The molecule has 1 nitrogen and oxygen atoms in total. The Hall–Kier alpha value is 0.390. The highest BCUT2D eigenvalue weighted by atomic mass is 31.1. The van der Waals surface area contributed by atoms with E-state index in [-0.39, 0.29) is 0 Å². The summed E-state index contributed by atoms with van der Waals surface area (Å²) in [6.07, 6.45) is 14.4.